The van der Waals surface area contributed by atoms with Crippen LogP contribution in [0.3, 0.4) is 0 Å². The topological polar surface area (TPSA) is 282 Å². The average molecular weight is 1080 g/mol. The highest BCUT2D eigenvalue weighted by Gasteiger charge is 2.46. The second-order valence-electron chi connectivity index (χ2n) is 23.5. The first-order valence-corrected chi connectivity index (χ1v) is 27.0. The van der Waals surface area contributed by atoms with E-state index in [0.717, 1.165) is 5.56 Å². The van der Waals surface area contributed by atoms with Gasteiger partial charge in [-0.3, -0.25) is 28.9 Å². The van der Waals surface area contributed by atoms with Crippen molar-refractivity contribution in [3.05, 3.63) is 71.8 Å². The second-order valence-corrected chi connectivity index (χ2v) is 25.2. The van der Waals surface area contributed by atoms with Crippen molar-refractivity contribution >= 4 is 63.3 Å². The molecule has 0 radical (unpaired) electrons. The zero-order chi connectivity index (χ0) is 58.5. The fraction of sp³-hybridized carbons (Fsp3) is 0.600. The summed E-state index contributed by atoms with van der Waals surface area (Å²) in [6.45, 7) is 27.6. The number of amides is 8. The summed E-state index contributed by atoms with van der Waals surface area (Å²) in [5, 5.41) is 10.6. The lowest BCUT2D eigenvalue weighted by molar-refractivity contribution is -0.141. The van der Waals surface area contributed by atoms with Crippen LogP contribution in [0.2, 0.25) is 0 Å². The Labute approximate surface area is 450 Å². The summed E-state index contributed by atoms with van der Waals surface area (Å²) in [6.07, 6.45) is -0.253. The highest BCUT2D eigenvalue weighted by Crippen LogP contribution is 2.33. The van der Waals surface area contributed by atoms with E-state index in [-0.39, 0.29) is 43.0 Å². The van der Waals surface area contributed by atoms with Gasteiger partial charge in [-0.05, 0) is 96.3 Å². The first-order chi connectivity index (χ1) is 34.7. The smallest absolute Gasteiger partial charge is 0.410 e. The number of para-hydroxylation sites is 1. The predicted molar refractivity (Wildman–Crippen MR) is 292 cm³/mol. The number of ketones is 1. The molecule has 5 atom stereocenters. The third-order valence-electron chi connectivity index (χ3n) is 12.4. The molecule has 2 rings (SSSR count). The first-order valence-electron chi connectivity index (χ1n) is 25.5. The van der Waals surface area contributed by atoms with Crippen molar-refractivity contribution in [1.82, 2.24) is 30.5 Å². The van der Waals surface area contributed by atoms with Crippen LogP contribution in [-0.2, 0) is 48.9 Å². The van der Waals surface area contributed by atoms with Crippen LogP contribution in [0.5, 0.6) is 0 Å². The van der Waals surface area contributed by atoms with Crippen molar-refractivity contribution in [1.29, 1.82) is 0 Å². The average Bonchev–Trinajstić information content (AvgIpc) is 3.27. The van der Waals surface area contributed by atoms with Crippen molar-refractivity contribution < 1.29 is 56.2 Å². The Morgan fingerprint density at radius 3 is 1.79 bits per heavy atom. The van der Waals surface area contributed by atoms with Gasteiger partial charge in [-0.1, -0.05) is 111 Å². The van der Waals surface area contributed by atoms with Crippen LogP contribution < -0.4 is 31.7 Å². The molecule has 0 bridgehead atoms. The molecule has 0 aromatic heterocycles. The van der Waals surface area contributed by atoms with Crippen molar-refractivity contribution in [2.24, 2.45) is 28.9 Å². The van der Waals surface area contributed by atoms with Crippen LogP contribution in [0.15, 0.2) is 71.1 Å². The van der Waals surface area contributed by atoms with Gasteiger partial charge in [0.2, 0.25) is 17.7 Å². The molecule has 20 nitrogen and oxygen atoms in total. The maximum atomic E-state index is 14.7. The van der Waals surface area contributed by atoms with Crippen molar-refractivity contribution in [2.75, 3.05) is 26.0 Å². The number of nitrogens with two attached hydrogens (primary N) is 1. The van der Waals surface area contributed by atoms with Gasteiger partial charge in [-0.25, -0.2) is 27.5 Å². The minimum absolute atomic E-state index is 0.0417. The van der Waals surface area contributed by atoms with Gasteiger partial charge in [0.1, 0.15) is 28.2 Å². The molecule has 2 aromatic carbocycles. The number of sulfonamides is 1. The minimum Gasteiger partial charge on any atom is -0.444 e. The van der Waals surface area contributed by atoms with Crippen LogP contribution in [0.4, 0.5) is 20.1 Å². The van der Waals surface area contributed by atoms with E-state index in [1.807, 2.05) is 44.2 Å². The molecule has 0 aliphatic rings. The number of primary amides is 1. The Morgan fingerprint density at radius 2 is 1.28 bits per heavy atom. The van der Waals surface area contributed by atoms with Gasteiger partial charge in [-0.15, -0.1) is 0 Å². The molecule has 0 aliphatic carbocycles. The molecule has 2 aromatic rings. The zero-order valence-electron chi connectivity index (χ0n) is 47.9. The lowest BCUT2D eigenvalue weighted by Gasteiger charge is -2.42. The van der Waals surface area contributed by atoms with Crippen molar-refractivity contribution in [2.45, 2.75) is 176 Å². The number of anilines is 1. The molecular formula is C55H86N8O12S. The Bertz CT molecular complexity index is 2530. The van der Waals surface area contributed by atoms with E-state index in [0.29, 0.717) is 0 Å². The molecule has 8 amide bonds. The summed E-state index contributed by atoms with van der Waals surface area (Å²) >= 11 is 0. The minimum atomic E-state index is -4.73. The largest absolute Gasteiger partial charge is 0.444 e. The number of carbonyl (C=O) groups excluding carboxylic acids is 8. The van der Waals surface area contributed by atoms with E-state index >= 15 is 0 Å². The summed E-state index contributed by atoms with van der Waals surface area (Å²) < 4.78 is 41.2. The standard InChI is InChI=1S/C55H86N8O12S/c1-33(2)39(62(17)48(68)43(52(6,7)8)60-47(67)44(63(18)51(71)75-54(12,13)14)55(15,16)37-26-20-19-21-27-37)31-35(5)45(65)61-76(72,73)41-29-23-22-28-38(41)58-46(66)36(25-24-30-57-49(56)69)32-40(64)42(34(3)4)59-50(70)74-53(9,10)11/h19-23,26-29,31,33-34,36,39,42-44H,24-25,30,32H2,1-18H3,(H,58,66)(H,59,70)(H,60,67)(H,61,65)(H3,56,57,69)/b35-31+/t36-,39-,42+,43-,44-/m1/s1. The SMILES string of the molecule is C/C(=C\[C@H](C(C)C)N(C)C(=O)[C@@H](NC(=O)[C@@H](N(C)C(=O)OC(C)(C)C)C(C)(C)c1ccccc1)C(C)(C)C)C(=O)NS(=O)(=O)c1ccccc1NC(=O)[C@H](CCCNC(N)=O)CC(=O)[C@@H](NC(=O)OC(C)(C)C)C(C)C. The molecule has 21 heteroatoms. The van der Waals surface area contributed by atoms with E-state index in [4.69, 9.17) is 15.2 Å². The van der Waals surface area contributed by atoms with E-state index in [2.05, 4.69) is 26.0 Å². The Balaban J connectivity index is 2.49. The summed E-state index contributed by atoms with van der Waals surface area (Å²) in [6, 6.07) is 9.56. The van der Waals surface area contributed by atoms with Crippen LogP contribution in [-0.4, -0.2) is 122 Å². The van der Waals surface area contributed by atoms with E-state index < -0.39 is 121 Å². The van der Waals surface area contributed by atoms with E-state index in [1.54, 1.807) is 90.0 Å². The Morgan fingerprint density at radius 1 is 0.724 bits per heavy atom. The molecule has 424 valence electrons. The van der Waals surface area contributed by atoms with Crippen LogP contribution >= 0.6 is 0 Å². The number of nitrogens with one attached hydrogen (secondary N) is 5. The van der Waals surface area contributed by atoms with Crippen molar-refractivity contribution in [3.8, 4) is 0 Å². The quantitative estimate of drug-likeness (QED) is 0.0477. The fourth-order valence-electron chi connectivity index (χ4n) is 8.36. The van der Waals surface area contributed by atoms with Gasteiger partial charge in [0.05, 0.1) is 17.8 Å². The predicted octanol–water partition coefficient (Wildman–Crippen LogP) is 7.18. The van der Waals surface area contributed by atoms with Gasteiger partial charge >= 0.3 is 18.2 Å². The highest BCUT2D eigenvalue weighted by atomic mass is 32.2. The number of ether oxygens (including phenoxy) is 2. The molecular weight excluding hydrogens is 997 g/mol. The zero-order valence-corrected chi connectivity index (χ0v) is 48.7. The lowest BCUT2D eigenvalue weighted by Crippen LogP contribution is -2.63. The number of likely N-dealkylation sites (N-methyl/N-ethyl adjacent to an activating group) is 2. The number of Topliss-reactive ketones (excluding diaryl/α,β-unsaturated/α-hetero) is 1. The van der Waals surface area contributed by atoms with Gasteiger partial charge < -0.3 is 41.4 Å². The van der Waals surface area contributed by atoms with Crippen LogP contribution in [0.25, 0.3) is 0 Å². The molecule has 0 fully saturated rings. The molecule has 7 N–H and O–H groups in total. The molecule has 76 heavy (non-hydrogen) atoms. The summed E-state index contributed by atoms with van der Waals surface area (Å²) in [4.78, 5) is 111. The first kappa shape index (κ1) is 65.6. The van der Waals surface area contributed by atoms with Gasteiger partial charge in [0.15, 0.2) is 5.78 Å². The second kappa shape index (κ2) is 27.0. The highest BCUT2D eigenvalue weighted by molar-refractivity contribution is 7.90. The summed E-state index contributed by atoms with van der Waals surface area (Å²) in [5.41, 5.74) is 2.08. The molecule has 0 unspecified atom stereocenters. The third kappa shape index (κ3) is 19.9. The monoisotopic (exact) mass is 1080 g/mol. The van der Waals surface area contributed by atoms with Gasteiger partial charge in [0.25, 0.3) is 15.9 Å². The van der Waals surface area contributed by atoms with Crippen LogP contribution in [0, 0.1) is 23.2 Å². The maximum Gasteiger partial charge on any atom is 0.410 e. The molecule has 0 heterocycles. The van der Waals surface area contributed by atoms with E-state index in [9.17, 15) is 46.8 Å². The number of carbonyl (C=O) groups is 8. The van der Waals surface area contributed by atoms with Crippen LogP contribution in [0.1, 0.15) is 136 Å². The number of urea groups is 1. The Hall–Kier alpha value is -6.51. The molecule has 0 spiro atoms. The molecule has 0 saturated heterocycles. The normalized spacial score (nSPS) is 14.5. The number of alkyl carbamates (subject to hydrolysis) is 1. The number of hydrogen-bond acceptors (Lipinski definition) is 12. The molecule has 0 aliphatic heterocycles. The number of nitrogens with zero attached hydrogens (tertiary/aromatic N) is 2. The fourth-order valence-corrected chi connectivity index (χ4v) is 9.54. The number of rotatable bonds is 23. The van der Waals surface area contributed by atoms with E-state index in [1.165, 1.54) is 61.2 Å². The summed E-state index contributed by atoms with van der Waals surface area (Å²) in [5.74, 6) is -5.27. The maximum absolute atomic E-state index is 14.7. The number of benzene rings is 2. The third-order valence-corrected chi connectivity index (χ3v) is 13.8. The Kier molecular flexibility index (Phi) is 23.3. The lowest BCUT2D eigenvalue weighted by atomic mass is 9.76. The van der Waals surface area contributed by atoms with Gasteiger partial charge in [0, 0.05) is 44.0 Å². The van der Waals surface area contributed by atoms with Crippen molar-refractivity contribution in [3.63, 3.8) is 0 Å². The van der Waals surface area contributed by atoms with Gasteiger partial charge in [-0.2, -0.15) is 0 Å². The number of hydrogen-bond donors (Lipinski definition) is 6. The summed E-state index contributed by atoms with van der Waals surface area (Å²) in [7, 11) is -1.74. The molecule has 0 saturated carbocycles.